The Morgan fingerprint density at radius 2 is 1.84 bits per heavy atom. The summed E-state index contributed by atoms with van der Waals surface area (Å²) in [6, 6.07) is 0.374. The zero-order chi connectivity index (χ0) is 14.3. The Morgan fingerprint density at radius 3 is 2.37 bits per heavy atom. The van der Waals surface area contributed by atoms with E-state index >= 15 is 0 Å². The van der Waals surface area contributed by atoms with Crippen molar-refractivity contribution in [1.82, 2.24) is 20.4 Å². The largest absolute Gasteiger partial charge is 0.358 e. The molecule has 0 radical (unpaired) electrons. The number of rotatable bonds is 6. The summed E-state index contributed by atoms with van der Waals surface area (Å²) in [4.78, 5) is 27.2. The van der Waals surface area contributed by atoms with Crippen LogP contribution >= 0.6 is 0 Å². The molecule has 1 unspecified atom stereocenters. The summed E-state index contributed by atoms with van der Waals surface area (Å²) in [5.41, 5.74) is 0. The zero-order valence-corrected chi connectivity index (χ0v) is 12.2. The Balaban J connectivity index is 2.25. The topological polar surface area (TPSA) is 64.7 Å². The van der Waals surface area contributed by atoms with Gasteiger partial charge in [-0.25, -0.2) is 0 Å². The van der Waals surface area contributed by atoms with Crippen LogP contribution in [0.4, 0.5) is 0 Å². The first-order valence-electron chi connectivity index (χ1n) is 7.01. The van der Waals surface area contributed by atoms with Crippen molar-refractivity contribution in [2.45, 2.75) is 26.3 Å². The van der Waals surface area contributed by atoms with Crippen LogP contribution in [0.2, 0.25) is 0 Å². The molecule has 1 atom stereocenters. The van der Waals surface area contributed by atoms with Crippen LogP contribution in [0.1, 0.15) is 20.3 Å². The molecule has 1 aliphatic rings. The normalized spacial score (nSPS) is 18.2. The summed E-state index contributed by atoms with van der Waals surface area (Å²) in [6.07, 6.45) is 1.02. The first kappa shape index (κ1) is 15.9. The average Bonchev–Trinajstić information content (AvgIpc) is 2.44. The van der Waals surface area contributed by atoms with Crippen LogP contribution in [0.15, 0.2) is 0 Å². The van der Waals surface area contributed by atoms with Gasteiger partial charge in [-0.2, -0.15) is 0 Å². The molecule has 0 saturated carbocycles. The third-order valence-corrected chi connectivity index (χ3v) is 3.59. The van der Waals surface area contributed by atoms with Crippen LogP contribution in [0.5, 0.6) is 0 Å². The van der Waals surface area contributed by atoms with Crippen molar-refractivity contribution in [2.24, 2.45) is 0 Å². The highest BCUT2D eigenvalue weighted by Gasteiger charge is 2.21. The van der Waals surface area contributed by atoms with Crippen LogP contribution in [0.3, 0.4) is 0 Å². The fraction of sp³-hybridized carbons (Fsp3) is 0.846. The molecule has 0 aromatic carbocycles. The number of carbonyl (C=O) groups is 2. The summed E-state index contributed by atoms with van der Waals surface area (Å²) < 4.78 is 0. The van der Waals surface area contributed by atoms with Gasteiger partial charge in [0.1, 0.15) is 0 Å². The molecule has 0 aromatic rings. The van der Waals surface area contributed by atoms with Crippen molar-refractivity contribution in [2.75, 3.05) is 46.3 Å². The maximum atomic E-state index is 12.0. The van der Waals surface area contributed by atoms with E-state index in [2.05, 4.69) is 29.4 Å². The van der Waals surface area contributed by atoms with Gasteiger partial charge in [0.15, 0.2) is 0 Å². The molecule has 19 heavy (non-hydrogen) atoms. The van der Waals surface area contributed by atoms with Gasteiger partial charge >= 0.3 is 0 Å². The van der Waals surface area contributed by atoms with Gasteiger partial charge in [0.2, 0.25) is 11.8 Å². The molecule has 2 amide bonds. The summed E-state index contributed by atoms with van der Waals surface area (Å²) in [5.74, 6) is 0.179. The molecule has 0 spiro atoms. The Morgan fingerprint density at radius 1 is 1.21 bits per heavy atom. The van der Waals surface area contributed by atoms with Crippen LogP contribution in [0, 0.1) is 0 Å². The summed E-state index contributed by atoms with van der Waals surface area (Å²) in [5, 5.41) is 5.83. The van der Waals surface area contributed by atoms with Crippen molar-refractivity contribution >= 4 is 11.8 Å². The quantitative estimate of drug-likeness (QED) is 0.667. The summed E-state index contributed by atoms with van der Waals surface area (Å²) in [6.45, 7) is 7.95. The molecule has 0 aromatic heterocycles. The van der Waals surface area contributed by atoms with Crippen molar-refractivity contribution in [1.29, 1.82) is 0 Å². The van der Waals surface area contributed by atoms with E-state index in [-0.39, 0.29) is 11.8 Å². The highest BCUT2D eigenvalue weighted by molar-refractivity contribution is 5.79. The van der Waals surface area contributed by atoms with Gasteiger partial charge in [-0.15, -0.1) is 0 Å². The number of nitrogens with one attached hydrogen (secondary N) is 2. The van der Waals surface area contributed by atoms with Crippen LogP contribution in [-0.4, -0.2) is 74.0 Å². The number of amides is 2. The molecule has 6 nitrogen and oxygen atoms in total. The Kier molecular flexibility index (Phi) is 6.80. The minimum atomic E-state index is 0.0261. The lowest BCUT2D eigenvalue weighted by Crippen LogP contribution is -2.52. The molecule has 1 aliphatic heterocycles. The van der Waals surface area contributed by atoms with E-state index in [0.29, 0.717) is 32.2 Å². The van der Waals surface area contributed by atoms with Crippen molar-refractivity contribution in [3.8, 4) is 0 Å². The minimum absolute atomic E-state index is 0.0261. The maximum absolute atomic E-state index is 12.0. The monoisotopic (exact) mass is 270 g/mol. The Bertz CT molecular complexity index is 301. The number of nitrogens with zero attached hydrogens (tertiary/aromatic N) is 2. The second-order valence-electron chi connectivity index (χ2n) is 5.02. The van der Waals surface area contributed by atoms with E-state index in [1.807, 2.05) is 4.90 Å². The van der Waals surface area contributed by atoms with Gasteiger partial charge in [0.05, 0.1) is 13.1 Å². The molecule has 1 fully saturated rings. The lowest BCUT2D eigenvalue weighted by atomic mass is 10.2. The van der Waals surface area contributed by atoms with Gasteiger partial charge in [-0.1, -0.05) is 6.92 Å². The molecule has 0 bridgehead atoms. The van der Waals surface area contributed by atoms with E-state index in [1.165, 1.54) is 0 Å². The molecular formula is C13H26N4O2. The van der Waals surface area contributed by atoms with E-state index in [4.69, 9.17) is 0 Å². The average molecular weight is 270 g/mol. The lowest BCUT2D eigenvalue weighted by Gasteiger charge is -2.34. The molecule has 1 heterocycles. The van der Waals surface area contributed by atoms with E-state index in [0.717, 1.165) is 19.5 Å². The SMILES string of the molecule is CCC(C)NCC(=O)N1CCN(CC(=O)NC)CC1. The van der Waals surface area contributed by atoms with Crippen molar-refractivity contribution < 1.29 is 9.59 Å². The highest BCUT2D eigenvalue weighted by Crippen LogP contribution is 2.01. The smallest absolute Gasteiger partial charge is 0.236 e. The van der Waals surface area contributed by atoms with Crippen LogP contribution in [0.25, 0.3) is 0 Å². The summed E-state index contributed by atoms with van der Waals surface area (Å²) >= 11 is 0. The first-order valence-corrected chi connectivity index (χ1v) is 7.01. The molecule has 0 aliphatic carbocycles. The predicted molar refractivity (Wildman–Crippen MR) is 74.8 cm³/mol. The second-order valence-corrected chi connectivity index (χ2v) is 5.02. The van der Waals surface area contributed by atoms with Crippen molar-refractivity contribution in [3.05, 3.63) is 0 Å². The van der Waals surface area contributed by atoms with Crippen LogP contribution < -0.4 is 10.6 Å². The Labute approximate surface area is 115 Å². The van der Waals surface area contributed by atoms with Gasteiger partial charge in [0, 0.05) is 39.3 Å². The number of carbonyl (C=O) groups excluding carboxylic acids is 2. The van der Waals surface area contributed by atoms with Gasteiger partial charge in [-0.05, 0) is 13.3 Å². The van der Waals surface area contributed by atoms with E-state index < -0.39 is 0 Å². The van der Waals surface area contributed by atoms with Crippen LogP contribution in [-0.2, 0) is 9.59 Å². The fourth-order valence-corrected chi connectivity index (χ4v) is 1.96. The molecule has 2 N–H and O–H groups in total. The van der Waals surface area contributed by atoms with E-state index in [9.17, 15) is 9.59 Å². The van der Waals surface area contributed by atoms with Gasteiger partial charge < -0.3 is 15.5 Å². The third kappa shape index (κ3) is 5.57. The van der Waals surface area contributed by atoms with Crippen molar-refractivity contribution in [3.63, 3.8) is 0 Å². The Hall–Kier alpha value is -1.14. The number of piperazine rings is 1. The minimum Gasteiger partial charge on any atom is -0.358 e. The number of likely N-dealkylation sites (N-methyl/N-ethyl adjacent to an activating group) is 1. The lowest BCUT2D eigenvalue weighted by molar-refractivity contribution is -0.132. The first-order chi connectivity index (χ1) is 9.06. The van der Waals surface area contributed by atoms with Gasteiger partial charge in [-0.3, -0.25) is 14.5 Å². The number of hydrogen-bond donors (Lipinski definition) is 2. The third-order valence-electron chi connectivity index (χ3n) is 3.59. The molecular weight excluding hydrogens is 244 g/mol. The summed E-state index contributed by atoms with van der Waals surface area (Å²) in [7, 11) is 1.64. The second kappa shape index (κ2) is 8.12. The predicted octanol–water partition coefficient (Wildman–Crippen LogP) is -0.735. The molecule has 110 valence electrons. The maximum Gasteiger partial charge on any atom is 0.236 e. The highest BCUT2D eigenvalue weighted by atomic mass is 16.2. The molecule has 1 rings (SSSR count). The van der Waals surface area contributed by atoms with E-state index in [1.54, 1.807) is 7.05 Å². The van der Waals surface area contributed by atoms with Gasteiger partial charge in [0.25, 0.3) is 0 Å². The standard InChI is InChI=1S/C13H26N4O2/c1-4-11(2)15-9-13(19)17-7-5-16(6-8-17)10-12(18)14-3/h11,15H,4-10H2,1-3H3,(H,14,18). The molecule has 6 heteroatoms. The molecule has 1 saturated heterocycles. The number of hydrogen-bond acceptors (Lipinski definition) is 4. The zero-order valence-electron chi connectivity index (χ0n) is 12.2. The fourth-order valence-electron chi connectivity index (χ4n) is 1.96.